The molecule has 18 heavy (non-hydrogen) atoms. The Bertz CT molecular complexity index is 444. The fourth-order valence-electron chi connectivity index (χ4n) is 2.04. The lowest BCUT2D eigenvalue weighted by atomic mass is 10.1. The van der Waals surface area contributed by atoms with Gasteiger partial charge in [-0.3, -0.25) is 4.79 Å². The average molecular weight is 288 g/mol. The van der Waals surface area contributed by atoms with Crippen molar-refractivity contribution in [3.8, 4) is 0 Å². The van der Waals surface area contributed by atoms with Gasteiger partial charge in [0, 0.05) is 22.0 Å². The second-order valence-electron chi connectivity index (χ2n) is 4.74. The summed E-state index contributed by atoms with van der Waals surface area (Å²) in [6.07, 6.45) is 0.806. The molecule has 1 saturated carbocycles. The monoisotopic (exact) mass is 287 g/mol. The maximum Gasteiger partial charge on any atom is 0.224 e. The van der Waals surface area contributed by atoms with Gasteiger partial charge < -0.3 is 10.4 Å². The highest BCUT2D eigenvalue weighted by Gasteiger charge is 2.44. The van der Waals surface area contributed by atoms with E-state index in [1.54, 1.807) is 13.0 Å². The fraction of sp³-hybridized carbons (Fsp3) is 0.462. The van der Waals surface area contributed by atoms with E-state index in [4.69, 9.17) is 28.3 Å². The van der Waals surface area contributed by atoms with E-state index in [1.165, 1.54) is 0 Å². The molecule has 1 aromatic rings. The minimum absolute atomic E-state index is 0.0161. The van der Waals surface area contributed by atoms with Crippen LogP contribution < -0.4 is 5.32 Å². The minimum Gasteiger partial charge on any atom is -0.394 e. The van der Waals surface area contributed by atoms with Crippen molar-refractivity contribution in [2.45, 2.75) is 25.3 Å². The van der Waals surface area contributed by atoms with Crippen LogP contribution in [0.2, 0.25) is 10.0 Å². The van der Waals surface area contributed by atoms with E-state index in [1.807, 2.05) is 12.1 Å². The number of benzene rings is 1. The second-order valence-corrected chi connectivity index (χ2v) is 5.62. The van der Waals surface area contributed by atoms with Gasteiger partial charge in [-0.1, -0.05) is 23.2 Å². The van der Waals surface area contributed by atoms with Gasteiger partial charge >= 0.3 is 0 Å². The number of hydrogen-bond donors (Lipinski definition) is 2. The van der Waals surface area contributed by atoms with Crippen LogP contribution in [0.3, 0.4) is 0 Å². The van der Waals surface area contributed by atoms with Crippen LogP contribution in [0.1, 0.15) is 24.8 Å². The first-order valence-electron chi connectivity index (χ1n) is 5.88. The molecule has 98 valence electrons. The number of nitrogens with one attached hydrogen (secondary N) is 1. The van der Waals surface area contributed by atoms with E-state index in [0.29, 0.717) is 10.0 Å². The molecule has 1 aliphatic rings. The Morgan fingerprint density at radius 3 is 2.61 bits per heavy atom. The highest BCUT2D eigenvalue weighted by atomic mass is 35.5. The van der Waals surface area contributed by atoms with Gasteiger partial charge in [0.05, 0.1) is 6.61 Å². The van der Waals surface area contributed by atoms with Crippen molar-refractivity contribution in [1.29, 1.82) is 0 Å². The largest absolute Gasteiger partial charge is 0.394 e. The van der Waals surface area contributed by atoms with E-state index in [0.717, 1.165) is 12.0 Å². The number of aliphatic hydroxyl groups is 1. The van der Waals surface area contributed by atoms with Crippen LogP contribution in [-0.4, -0.2) is 23.7 Å². The summed E-state index contributed by atoms with van der Waals surface area (Å²) >= 11 is 11.9. The third-order valence-corrected chi connectivity index (χ3v) is 3.54. The third-order valence-electron chi connectivity index (χ3n) is 3.10. The lowest BCUT2D eigenvalue weighted by Crippen LogP contribution is -2.36. The molecule has 0 aromatic heterocycles. The highest BCUT2D eigenvalue weighted by Crippen LogP contribution is 2.48. The predicted octanol–water partition coefficient (Wildman–Crippen LogP) is 2.59. The molecule has 1 amide bonds. The SMILES string of the molecule is CC(CO)NC(=O)C1CC1c1cc(Cl)cc(Cl)c1. The second kappa shape index (κ2) is 5.47. The molecule has 1 aromatic carbocycles. The Morgan fingerprint density at radius 1 is 1.44 bits per heavy atom. The predicted molar refractivity (Wildman–Crippen MR) is 72.0 cm³/mol. The van der Waals surface area contributed by atoms with Gasteiger partial charge in [-0.25, -0.2) is 0 Å². The summed E-state index contributed by atoms with van der Waals surface area (Å²) in [5.74, 6) is 0.137. The van der Waals surface area contributed by atoms with Crippen molar-refractivity contribution in [2.75, 3.05) is 6.61 Å². The van der Waals surface area contributed by atoms with E-state index >= 15 is 0 Å². The Kier molecular flexibility index (Phi) is 4.15. The Labute approximate surface area is 116 Å². The molecule has 1 fully saturated rings. The first kappa shape index (κ1) is 13.7. The van der Waals surface area contributed by atoms with E-state index in [2.05, 4.69) is 5.32 Å². The quantitative estimate of drug-likeness (QED) is 0.894. The van der Waals surface area contributed by atoms with Crippen LogP contribution in [0.25, 0.3) is 0 Å². The van der Waals surface area contributed by atoms with Crippen molar-refractivity contribution in [3.63, 3.8) is 0 Å². The van der Waals surface area contributed by atoms with Gasteiger partial charge in [0.25, 0.3) is 0 Å². The summed E-state index contributed by atoms with van der Waals surface area (Å²) in [6.45, 7) is 1.72. The number of aliphatic hydroxyl groups excluding tert-OH is 1. The van der Waals surface area contributed by atoms with E-state index in [9.17, 15) is 4.79 Å². The van der Waals surface area contributed by atoms with Gasteiger partial charge in [0.1, 0.15) is 0 Å². The van der Waals surface area contributed by atoms with Gasteiger partial charge in [0.2, 0.25) is 5.91 Å². The van der Waals surface area contributed by atoms with Gasteiger partial charge in [-0.15, -0.1) is 0 Å². The Balaban J connectivity index is 2.00. The minimum atomic E-state index is -0.207. The zero-order valence-corrected chi connectivity index (χ0v) is 11.5. The molecule has 0 bridgehead atoms. The van der Waals surface area contributed by atoms with Crippen molar-refractivity contribution in [3.05, 3.63) is 33.8 Å². The summed E-state index contributed by atoms with van der Waals surface area (Å²) in [5.41, 5.74) is 1.00. The number of halogens is 2. The van der Waals surface area contributed by atoms with Gasteiger partial charge in [-0.05, 0) is 43.0 Å². The number of rotatable bonds is 4. The lowest BCUT2D eigenvalue weighted by Gasteiger charge is -2.10. The number of carbonyl (C=O) groups excluding carboxylic acids is 1. The van der Waals surface area contributed by atoms with E-state index < -0.39 is 0 Å². The summed E-state index contributed by atoms with van der Waals surface area (Å²) < 4.78 is 0. The average Bonchev–Trinajstić information content (AvgIpc) is 3.07. The highest BCUT2D eigenvalue weighted by molar-refractivity contribution is 6.34. The first-order chi connectivity index (χ1) is 8.51. The Hall–Kier alpha value is -0.770. The molecule has 3 unspecified atom stereocenters. The van der Waals surface area contributed by atoms with Gasteiger partial charge in [-0.2, -0.15) is 0 Å². The maximum atomic E-state index is 11.8. The van der Waals surface area contributed by atoms with Crippen LogP contribution >= 0.6 is 23.2 Å². The maximum absolute atomic E-state index is 11.8. The summed E-state index contributed by atoms with van der Waals surface area (Å²) in [6, 6.07) is 5.17. The molecule has 1 aliphatic carbocycles. The zero-order valence-electron chi connectivity index (χ0n) is 9.99. The molecular formula is C13H15Cl2NO2. The standard InChI is InChI=1S/C13H15Cl2NO2/c1-7(6-17)16-13(18)12-5-11(12)8-2-9(14)4-10(15)3-8/h2-4,7,11-12,17H,5-6H2,1H3,(H,16,18). The first-order valence-corrected chi connectivity index (χ1v) is 6.64. The van der Waals surface area contributed by atoms with Crippen molar-refractivity contribution in [2.24, 2.45) is 5.92 Å². The summed E-state index contributed by atoms with van der Waals surface area (Å²) in [5, 5.41) is 12.8. The summed E-state index contributed by atoms with van der Waals surface area (Å²) in [4.78, 5) is 11.8. The molecule has 5 heteroatoms. The van der Waals surface area contributed by atoms with Crippen LogP contribution in [0.5, 0.6) is 0 Å². The van der Waals surface area contributed by atoms with Crippen molar-refractivity contribution < 1.29 is 9.90 Å². The zero-order chi connectivity index (χ0) is 13.3. The van der Waals surface area contributed by atoms with Crippen LogP contribution in [0, 0.1) is 5.92 Å². The number of carbonyl (C=O) groups is 1. The molecule has 2 N–H and O–H groups in total. The van der Waals surface area contributed by atoms with Crippen molar-refractivity contribution >= 4 is 29.1 Å². The normalized spacial score (nSPS) is 23.6. The van der Waals surface area contributed by atoms with Crippen LogP contribution in [0.4, 0.5) is 0 Å². The molecule has 0 heterocycles. The Morgan fingerprint density at radius 2 is 2.06 bits per heavy atom. The van der Waals surface area contributed by atoms with Crippen LogP contribution in [-0.2, 0) is 4.79 Å². The molecule has 0 spiro atoms. The van der Waals surface area contributed by atoms with E-state index in [-0.39, 0.29) is 30.4 Å². The topological polar surface area (TPSA) is 49.3 Å². The summed E-state index contributed by atoms with van der Waals surface area (Å²) in [7, 11) is 0. The van der Waals surface area contributed by atoms with Crippen LogP contribution in [0.15, 0.2) is 18.2 Å². The molecule has 2 rings (SSSR count). The third kappa shape index (κ3) is 3.16. The molecule has 0 aliphatic heterocycles. The number of hydrogen-bond acceptors (Lipinski definition) is 2. The molecular weight excluding hydrogens is 273 g/mol. The molecule has 3 atom stereocenters. The fourth-order valence-corrected chi connectivity index (χ4v) is 2.58. The molecule has 0 saturated heterocycles. The lowest BCUT2D eigenvalue weighted by molar-refractivity contribution is -0.123. The molecule has 0 radical (unpaired) electrons. The van der Waals surface area contributed by atoms with Gasteiger partial charge in [0.15, 0.2) is 0 Å². The van der Waals surface area contributed by atoms with Crippen molar-refractivity contribution in [1.82, 2.24) is 5.32 Å². The molecule has 3 nitrogen and oxygen atoms in total. The number of amides is 1. The smallest absolute Gasteiger partial charge is 0.224 e.